The van der Waals surface area contributed by atoms with Gasteiger partial charge in [0.2, 0.25) is 5.91 Å². The maximum Gasteiger partial charge on any atom is 0.240 e. The van der Waals surface area contributed by atoms with E-state index in [-0.39, 0.29) is 5.91 Å². The second-order valence-corrected chi connectivity index (χ2v) is 6.68. The zero-order valence-corrected chi connectivity index (χ0v) is 15.4. The summed E-state index contributed by atoms with van der Waals surface area (Å²) in [6.45, 7) is 5.32. The van der Waals surface area contributed by atoms with E-state index in [1.807, 2.05) is 43.4 Å². The summed E-state index contributed by atoms with van der Waals surface area (Å²) in [5.74, 6) is 0.147. The number of para-hydroxylation sites is 1. The molecular weight excluding hydrogens is 322 g/mol. The van der Waals surface area contributed by atoms with Crippen LogP contribution in [0.2, 0.25) is 0 Å². The van der Waals surface area contributed by atoms with Gasteiger partial charge in [-0.05, 0) is 17.7 Å². The SMILES string of the molecule is CN(C(=O)CN1CCN(C/C=C/c2ccccc2)CC1)c1ccccc1. The number of likely N-dealkylation sites (N-methyl/N-ethyl adjacent to an activating group) is 1. The summed E-state index contributed by atoms with van der Waals surface area (Å²) in [7, 11) is 1.85. The van der Waals surface area contributed by atoms with Gasteiger partial charge in [-0.15, -0.1) is 0 Å². The van der Waals surface area contributed by atoms with Gasteiger partial charge in [0.25, 0.3) is 0 Å². The van der Waals surface area contributed by atoms with Crippen LogP contribution >= 0.6 is 0 Å². The summed E-state index contributed by atoms with van der Waals surface area (Å²) < 4.78 is 0. The molecule has 0 N–H and O–H groups in total. The molecule has 4 heteroatoms. The highest BCUT2D eigenvalue weighted by atomic mass is 16.2. The first-order valence-corrected chi connectivity index (χ1v) is 9.20. The first-order valence-electron chi connectivity index (χ1n) is 9.20. The summed E-state index contributed by atoms with van der Waals surface area (Å²) >= 11 is 0. The third-order valence-corrected chi connectivity index (χ3v) is 4.81. The molecule has 1 aliphatic rings. The van der Waals surface area contributed by atoms with Gasteiger partial charge in [0.15, 0.2) is 0 Å². The van der Waals surface area contributed by atoms with Crippen molar-refractivity contribution in [2.75, 3.05) is 51.2 Å². The molecule has 0 aromatic heterocycles. The van der Waals surface area contributed by atoms with Crippen molar-refractivity contribution in [3.05, 3.63) is 72.3 Å². The minimum Gasteiger partial charge on any atom is -0.314 e. The number of rotatable bonds is 6. The van der Waals surface area contributed by atoms with E-state index in [9.17, 15) is 4.79 Å². The average Bonchev–Trinajstić information content (AvgIpc) is 2.70. The van der Waals surface area contributed by atoms with Crippen LogP contribution in [0.5, 0.6) is 0 Å². The van der Waals surface area contributed by atoms with Crippen molar-refractivity contribution in [2.45, 2.75) is 0 Å². The molecule has 0 radical (unpaired) electrons. The maximum absolute atomic E-state index is 12.5. The predicted molar refractivity (Wildman–Crippen MR) is 108 cm³/mol. The summed E-state index contributed by atoms with van der Waals surface area (Å²) in [6.07, 6.45) is 4.39. The molecule has 26 heavy (non-hydrogen) atoms. The summed E-state index contributed by atoms with van der Waals surface area (Å²) in [5.41, 5.74) is 2.18. The fourth-order valence-corrected chi connectivity index (χ4v) is 3.12. The summed E-state index contributed by atoms with van der Waals surface area (Å²) in [6, 6.07) is 20.2. The average molecular weight is 349 g/mol. The van der Waals surface area contributed by atoms with Gasteiger partial charge in [-0.1, -0.05) is 60.7 Å². The molecule has 0 spiro atoms. The molecule has 2 aromatic carbocycles. The van der Waals surface area contributed by atoms with Crippen LogP contribution in [0.15, 0.2) is 66.7 Å². The summed E-state index contributed by atoms with van der Waals surface area (Å²) in [5, 5.41) is 0. The van der Waals surface area contributed by atoms with E-state index >= 15 is 0 Å². The van der Waals surface area contributed by atoms with Gasteiger partial charge in [0.05, 0.1) is 6.54 Å². The van der Waals surface area contributed by atoms with Crippen molar-refractivity contribution in [1.29, 1.82) is 0 Å². The molecule has 0 atom stereocenters. The third kappa shape index (κ3) is 5.28. The summed E-state index contributed by atoms with van der Waals surface area (Å²) in [4.78, 5) is 18.9. The van der Waals surface area contributed by atoms with Gasteiger partial charge in [0, 0.05) is 45.5 Å². The lowest BCUT2D eigenvalue weighted by atomic mass is 10.2. The van der Waals surface area contributed by atoms with Gasteiger partial charge in [-0.2, -0.15) is 0 Å². The van der Waals surface area contributed by atoms with Crippen LogP contribution in [0.4, 0.5) is 5.69 Å². The van der Waals surface area contributed by atoms with E-state index in [0.29, 0.717) is 6.54 Å². The largest absolute Gasteiger partial charge is 0.314 e. The van der Waals surface area contributed by atoms with Crippen molar-refractivity contribution >= 4 is 17.7 Å². The molecule has 1 saturated heterocycles. The highest BCUT2D eigenvalue weighted by Gasteiger charge is 2.20. The normalized spacial score (nSPS) is 16.0. The maximum atomic E-state index is 12.5. The van der Waals surface area contributed by atoms with Gasteiger partial charge in [0.1, 0.15) is 0 Å². The number of carbonyl (C=O) groups excluding carboxylic acids is 1. The highest BCUT2D eigenvalue weighted by molar-refractivity contribution is 5.94. The monoisotopic (exact) mass is 349 g/mol. The fourth-order valence-electron chi connectivity index (χ4n) is 3.12. The zero-order chi connectivity index (χ0) is 18.2. The Bertz CT molecular complexity index is 707. The lowest BCUT2D eigenvalue weighted by Crippen LogP contribution is -2.49. The van der Waals surface area contributed by atoms with Crippen molar-refractivity contribution in [2.24, 2.45) is 0 Å². The van der Waals surface area contributed by atoms with Gasteiger partial charge in [-0.3, -0.25) is 14.6 Å². The lowest BCUT2D eigenvalue weighted by molar-refractivity contribution is -0.119. The van der Waals surface area contributed by atoms with E-state index in [4.69, 9.17) is 0 Å². The van der Waals surface area contributed by atoms with Crippen molar-refractivity contribution in [1.82, 2.24) is 9.80 Å². The second kappa shape index (κ2) is 9.32. The van der Waals surface area contributed by atoms with Crippen LogP contribution in [0, 0.1) is 0 Å². The predicted octanol–water partition coefficient (Wildman–Crippen LogP) is 2.98. The van der Waals surface area contributed by atoms with Crippen LogP contribution in [-0.4, -0.2) is 62.0 Å². The van der Waals surface area contributed by atoms with Crippen molar-refractivity contribution in [3.8, 4) is 0 Å². The number of carbonyl (C=O) groups is 1. The van der Waals surface area contributed by atoms with E-state index in [1.54, 1.807) is 4.90 Å². The number of piperazine rings is 1. The number of amides is 1. The van der Waals surface area contributed by atoms with Crippen LogP contribution in [0.25, 0.3) is 6.08 Å². The Balaban J connectivity index is 1.41. The lowest BCUT2D eigenvalue weighted by Gasteiger charge is -2.34. The van der Waals surface area contributed by atoms with Crippen molar-refractivity contribution in [3.63, 3.8) is 0 Å². The Morgan fingerprint density at radius 2 is 1.50 bits per heavy atom. The quantitative estimate of drug-likeness (QED) is 0.802. The Morgan fingerprint density at radius 3 is 2.15 bits per heavy atom. The fraction of sp³-hybridized carbons (Fsp3) is 0.318. The van der Waals surface area contributed by atoms with E-state index < -0.39 is 0 Å². The number of nitrogens with zero attached hydrogens (tertiary/aromatic N) is 3. The molecule has 1 heterocycles. The first kappa shape index (κ1) is 18.4. The van der Waals surface area contributed by atoms with Crippen LogP contribution in [0.3, 0.4) is 0 Å². The van der Waals surface area contributed by atoms with Crippen LogP contribution < -0.4 is 4.90 Å². The van der Waals surface area contributed by atoms with Crippen molar-refractivity contribution < 1.29 is 4.79 Å². The minimum atomic E-state index is 0.147. The standard InChI is InChI=1S/C22H27N3O/c1-23(21-12-6-3-7-13-21)22(26)19-25-17-15-24(16-18-25)14-8-11-20-9-4-2-5-10-20/h2-13H,14-19H2,1H3/b11-8+. The zero-order valence-electron chi connectivity index (χ0n) is 15.4. The van der Waals surface area contributed by atoms with Gasteiger partial charge < -0.3 is 4.90 Å². The first-order chi connectivity index (χ1) is 12.7. The molecule has 2 aromatic rings. The number of benzene rings is 2. The molecule has 4 nitrogen and oxygen atoms in total. The Labute approximate surface area is 156 Å². The minimum absolute atomic E-state index is 0.147. The van der Waals surface area contributed by atoms with Crippen LogP contribution in [0.1, 0.15) is 5.56 Å². The Morgan fingerprint density at radius 1 is 0.923 bits per heavy atom. The molecule has 0 unspecified atom stereocenters. The number of anilines is 1. The molecule has 0 aliphatic carbocycles. The molecule has 136 valence electrons. The Hall–Kier alpha value is -2.43. The smallest absolute Gasteiger partial charge is 0.240 e. The number of hydrogen-bond donors (Lipinski definition) is 0. The Kier molecular flexibility index (Phi) is 6.58. The topological polar surface area (TPSA) is 26.8 Å². The molecule has 1 amide bonds. The molecule has 1 aliphatic heterocycles. The van der Waals surface area contributed by atoms with E-state index in [0.717, 1.165) is 38.4 Å². The molecule has 3 rings (SSSR count). The third-order valence-electron chi connectivity index (χ3n) is 4.81. The van der Waals surface area contributed by atoms with Crippen LogP contribution in [-0.2, 0) is 4.79 Å². The van der Waals surface area contributed by atoms with Gasteiger partial charge >= 0.3 is 0 Å². The van der Waals surface area contributed by atoms with Gasteiger partial charge in [-0.25, -0.2) is 0 Å². The second-order valence-electron chi connectivity index (χ2n) is 6.68. The molecule has 0 saturated carbocycles. The number of hydrogen-bond acceptors (Lipinski definition) is 3. The van der Waals surface area contributed by atoms with E-state index in [1.165, 1.54) is 5.56 Å². The highest BCUT2D eigenvalue weighted by Crippen LogP contribution is 2.12. The molecule has 0 bridgehead atoms. The molecular formula is C22H27N3O. The molecule has 1 fully saturated rings. The van der Waals surface area contributed by atoms with E-state index in [2.05, 4.69) is 46.2 Å².